The summed E-state index contributed by atoms with van der Waals surface area (Å²) in [5.41, 5.74) is 0.693. The Morgan fingerprint density at radius 3 is 2.29 bits per heavy atom. The highest BCUT2D eigenvalue weighted by Crippen LogP contribution is 2.24. The molecule has 0 amide bonds. The third-order valence-corrected chi connectivity index (χ3v) is 3.02. The van der Waals surface area contributed by atoms with E-state index < -0.39 is 5.92 Å². The third kappa shape index (κ3) is 5.94. The molecule has 0 heterocycles. The van der Waals surface area contributed by atoms with E-state index in [1.54, 1.807) is 26.0 Å². The highest BCUT2D eigenvalue weighted by molar-refractivity contribution is 5.78. The van der Waals surface area contributed by atoms with Crippen LogP contribution in [0.4, 0.5) is 4.39 Å². The van der Waals surface area contributed by atoms with Crippen molar-refractivity contribution < 1.29 is 23.5 Å². The lowest BCUT2D eigenvalue weighted by Crippen LogP contribution is -2.17. The number of carbonyl (C=O) groups excluding carboxylic acids is 2. The normalized spacial score (nSPS) is 11.8. The van der Waals surface area contributed by atoms with Crippen molar-refractivity contribution >= 4 is 11.9 Å². The van der Waals surface area contributed by atoms with Gasteiger partial charge in [0.15, 0.2) is 0 Å². The predicted octanol–water partition coefficient (Wildman–Crippen LogP) is 3.21. The predicted molar refractivity (Wildman–Crippen MR) is 76.3 cm³/mol. The van der Waals surface area contributed by atoms with Crippen LogP contribution in [0.5, 0.6) is 0 Å². The lowest BCUT2D eigenvalue weighted by molar-refractivity contribution is -0.146. The standard InChI is InChI=1S/C16H21FO4/c1-3-20-15(18)7-5-6-14(16(19)21-4-2)12-8-10-13(17)11-9-12/h8-11,14H,3-7H2,1-2H3. The average molecular weight is 296 g/mol. The van der Waals surface area contributed by atoms with Crippen LogP contribution >= 0.6 is 0 Å². The number of esters is 2. The molecule has 0 saturated heterocycles. The molecule has 4 nitrogen and oxygen atoms in total. The molecule has 0 aliphatic carbocycles. The van der Waals surface area contributed by atoms with Crippen LogP contribution in [0.3, 0.4) is 0 Å². The van der Waals surface area contributed by atoms with Crippen LogP contribution in [0.25, 0.3) is 0 Å². The van der Waals surface area contributed by atoms with E-state index in [4.69, 9.17) is 9.47 Å². The number of benzene rings is 1. The molecule has 21 heavy (non-hydrogen) atoms. The lowest BCUT2D eigenvalue weighted by atomic mass is 9.93. The zero-order valence-electron chi connectivity index (χ0n) is 12.4. The monoisotopic (exact) mass is 296 g/mol. The number of hydrogen-bond acceptors (Lipinski definition) is 4. The minimum absolute atomic E-state index is 0.255. The topological polar surface area (TPSA) is 52.6 Å². The van der Waals surface area contributed by atoms with Gasteiger partial charge in [0.1, 0.15) is 5.82 Å². The van der Waals surface area contributed by atoms with Crippen molar-refractivity contribution in [3.8, 4) is 0 Å². The molecule has 0 N–H and O–H groups in total. The molecule has 1 aromatic rings. The number of ether oxygens (including phenoxy) is 2. The van der Waals surface area contributed by atoms with Crippen LogP contribution in [-0.4, -0.2) is 25.2 Å². The van der Waals surface area contributed by atoms with Crippen LogP contribution < -0.4 is 0 Å². The second kappa shape index (κ2) is 9.10. The molecule has 1 rings (SSSR count). The summed E-state index contributed by atoms with van der Waals surface area (Å²) in [6, 6.07) is 5.77. The summed E-state index contributed by atoms with van der Waals surface area (Å²) >= 11 is 0. The van der Waals surface area contributed by atoms with Crippen molar-refractivity contribution in [2.24, 2.45) is 0 Å². The smallest absolute Gasteiger partial charge is 0.313 e. The average Bonchev–Trinajstić information content (AvgIpc) is 2.45. The Hall–Kier alpha value is -1.91. The van der Waals surface area contributed by atoms with Gasteiger partial charge in [0.25, 0.3) is 0 Å². The minimum atomic E-state index is -0.486. The largest absolute Gasteiger partial charge is 0.466 e. The quantitative estimate of drug-likeness (QED) is 0.691. The first-order valence-electron chi connectivity index (χ1n) is 7.16. The third-order valence-electron chi connectivity index (χ3n) is 3.02. The molecular formula is C16H21FO4. The van der Waals surface area contributed by atoms with Gasteiger partial charge in [0, 0.05) is 6.42 Å². The molecule has 5 heteroatoms. The number of carbonyl (C=O) groups is 2. The maximum absolute atomic E-state index is 13.0. The van der Waals surface area contributed by atoms with Gasteiger partial charge in [-0.15, -0.1) is 0 Å². The summed E-state index contributed by atoms with van der Waals surface area (Å²) in [7, 11) is 0. The molecule has 1 atom stereocenters. The molecule has 0 bridgehead atoms. The molecule has 0 aliphatic heterocycles. The van der Waals surface area contributed by atoms with Gasteiger partial charge in [-0.1, -0.05) is 12.1 Å². The van der Waals surface area contributed by atoms with Crippen molar-refractivity contribution in [3.05, 3.63) is 35.6 Å². The van der Waals surface area contributed by atoms with Gasteiger partial charge in [-0.2, -0.15) is 0 Å². The van der Waals surface area contributed by atoms with Gasteiger partial charge < -0.3 is 9.47 Å². The van der Waals surface area contributed by atoms with Crippen molar-refractivity contribution in [2.75, 3.05) is 13.2 Å². The van der Waals surface area contributed by atoms with E-state index in [0.29, 0.717) is 25.0 Å². The van der Waals surface area contributed by atoms with E-state index in [-0.39, 0.29) is 30.8 Å². The van der Waals surface area contributed by atoms with Crippen LogP contribution in [0.15, 0.2) is 24.3 Å². The van der Waals surface area contributed by atoms with Crippen molar-refractivity contribution in [1.29, 1.82) is 0 Å². The number of hydrogen-bond donors (Lipinski definition) is 0. The molecular weight excluding hydrogens is 275 g/mol. The highest BCUT2D eigenvalue weighted by atomic mass is 19.1. The Morgan fingerprint density at radius 2 is 1.71 bits per heavy atom. The highest BCUT2D eigenvalue weighted by Gasteiger charge is 2.22. The molecule has 0 aliphatic rings. The van der Waals surface area contributed by atoms with Gasteiger partial charge >= 0.3 is 11.9 Å². The zero-order chi connectivity index (χ0) is 15.7. The Bertz CT molecular complexity index is 456. The van der Waals surface area contributed by atoms with Crippen LogP contribution in [0.2, 0.25) is 0 Å². The Labute approximate surface area is 124 Å². The summed E-state index contributed by atoms with van der Waals surface area (Å²) < 4.78 is 22.9. The van der Waals surface area contributed by atoms with Gasteiger partial charge in [-0.3, -0.25) is 9.59 Å². The summed E-state index contributed by atoms with van der Waals surface area (Å²) in [6.07, 6.45) is 1.23. The summed E-state index contributed by atoms with van der Waals surface area (Å²) in [5, 5.41) is 0. The van der Waals surface area contributed by atoms with Gasteiger partial charge in [0.2, 0.25) is 0 Å². The fraction of sp³-hybridized carbons (Fsp3) is 0.500. The molecule has 0 fully saturated rings. The van der Waals surface area contributed by atoms with Crippen LogP contribution in [0, 0.1) is 5.82 Å². The van der Waals surface area contributed by atoms with Crippen LogP contribution in [-0.2, 0) is 19.1 Å². The van der Waals surface area contributed by atoms with E-state index in [0.717, 1.165) is 0 Å². The summed E-state index contributed by atoms with van der Waals surface area (Å²) in [4.78, 5) is 23.3. The molecule has 0 radical (unpaired) electrons. The van der Waals surface area contributed by atoms with Gasteiger partial charge in [-0.25, -0.2) is 4.39 Å². The molecule has 0 spiro atoms. The van der Waals surface area contributed by atoms with Crippen molar-refractivity contribution in [1.82, 2.24) is 0 Å². The first-order chi connectivity index (χ1) is 10.1. The van der Waals surface area contributed by atoms with E-state index in [2.05, 4.69) is 0 Å². The van der Waals surface area contributed by atoms with Crippen LogP contribution in [0.1, 0.15) is 44.6 Å². The fourth-order valence-corrected chi connectivity index (χ4v) is 2.04. The fourth-order valence-electron chi connectivity index (χ4n) is 2.04. The SMILES string of the molecule is CCOC(=O)CCCC(C(=O)OCC)c1ccc(F)cc1. The molecule has 0 aromatic heterocycles. The van der Waals surface area contributed by atoms with Crippen molar-refractivity contribution in [2.45, 2.75) is 39.0 Å². The second-order valence-corrected chi connectivity index (χ2v) is 4.55. The molecule has 116 valence electrons. The lowest BCUT2D eigenvalue weighted by Gasteiger charge is -2.15. The Kier molecular flexibility index (Phi) is 7.43. The maximum Gasteiger partial charge on any atom is 0.313 e. The van der Waals surface area contributed by atoms with E-state index in [1.165, 1.54) is 12.1 Å². The Morgan fingerprint density at radius 1 is 1.10 bits per heavy atom. The van der Waals surface area contributed by atoms with Gasteiger partial charge in [0.05, 0.1) is 19.1 Å². The van der Waals surface area contributed by atoms with E-state index in [1.807, 2.05) is 0 Å². The minimum Gasteiger partial charge on any atom is -0.466 e. The first kappa shape index (κ1) is 17.1. The second-order valence-electron chi connectivity index (χ2n) is 4.55. The number of rotatable bonds is 8. The summed E-state index contributed by atoms with van der Waals surface area (Å²) in [6.45, 7) is 4.11. The zero-order valence-corrected chi connectivity index (χ0v) is 12.4. The molecule has 1 aromatic carbocycles. The van der Waals surface area contributed by atoms with Crippen molar-refractivity contribution in [3.63, 3.8) is 0 Å². The number of halogens is 1. The van der Waals surface area contributed by atoms with E-state index in [9.17, 15) is 14.0 Å². The first-order valence-corrected chi connectivity index (χ1v) is 7.16. The van der Waals surface area contributed by atoms with Gasteiger partial charge in [-0.05, 0) is 44.4 Å². The maximum atomic E-state index is 13.0. The molecule has 0 saturated carbocycles. The van der Waals surface area contributed by atoms with E-state index >= 15 is 0 Å². The Balaban J connectivity index is 2.67. The summed E-state index contributed by atoms with van der Waals surface area (Å²) in [5.74, 6) is -1.47. The molecule has 1 unspecified atom stereocenters.